The fourth-order valence-corrected chi connectivity index (χ4v) is 1.79. The molecule has 0 radical (unpaired) electrons. The molecule has 0 fully saturated rings. The molecule has 0 rings (SSSR count). The third kappa shape index (κ3) is 5.04. The van der Waals surface area contributed by atoms with Crippen molar-refractivity contribution < 1.29 is 0 Å². The molecule has 1 unspecified atom stereocenters. The van der Waals surface area contributed by atoms with E-state index in [2.05, 4.69) is 39.3 Å². The van der Waals surface area contributed by atoms with Gasteiger partial charge in [-0.2, -0.15) is 11.8 Å². The van der Waals surface area contributed by atoms with E-state index >= 15 is 0 Å². The first-order chi connectivity index (χ1) is 5.52. The lowest BCUT2D eigenvalue weighted by Gasteiger charge is -2.31. The van der Waals surface area contributed by atoms with E-state index in [-0.39, 0.29) is 0 Å². The van der Waals surface area contributed by atoms with Crippen LogP contribution < -0.4 is 5.32 Å². The van der Waals surface area contributed by atoms with Crippen molar-refractivity contribution in [3.8, 4) is 0 Å². The molecular formula is C10H23NS. The highest BCUT2D eigenvalue weighted by atomic mass is 32.2. The van der Waals surface area contributed by atoms with Crippen LogP contribution in [0.3, 0.4) is 0 Å². The van der Waals surface area contributed by atoms with Crippen LogP contribution in [-0.2, 0) is 0 Å². The smallest absolute Gasteiger partial charge is 0.0123 e. The number of nitrogens with one attached hydrogen (secondary N) is 1. The van der Waals surface area contributed by atoms with Gasteiger partial charge in [0.2, 0.25) is 0 Å². The number of thioether (sulfide) groups is 1. The van der Waals surface area contributed by atoms with Gasteiger partial charge in [0.25, 0.3) is 0 Å². The first-order valence-corrected chi connectivity index (χ1v) is 6.14. The molecule has 1 atom stereocenters. The van der Waals surface area contributed by atoms with Crippen LogP contribution in [0.4, 0.5) is 0 Å². The number of rotatable bonds is 5. The monoisotopic (exact) mass is 189 g/mol. The Morgan fingerprint density at radius 3 is 2.25 bits per heavy atom. The second-order valence-corrected chi connectivity index (χ2v) is 5.24. The van der Waals surface area contributed by atoms with Gasteiger partial charge in [0.1, 0.15) is 0 Å². The number of hydrogen-bond acceptors (Lipinski definition) is 2. The van der Waals surface area contributed by atoms with Gasteiger partial charge >= 0.3 is 0 Å². The highest BCUT2D eigenvalue weighted by molar-refractivity contribution is 7.98. The average molecular weight is 189 g/mol. The van der Waals surface area contributed by atoms with Crippen LogP contribution in [0.15, 0.2) is 0 Å². The van der Waals surface area contributed by atoms with E-state index in [1.165, 1.54) is 12.2 Å². The Morgan fingerprint density at radius 1 is 1.33 bits per heavy atom. The summed E-state index contributed by atoms with van der Waals surface area (Å²) in [7, 11) is 0. The van der Waals surface area contributed by atoms with Crippen LogP contribution in [0, 0.1) is 5.41 Å². The van der Waals surface area contributed by atoms with Gasteiger partial charge in [0.15, 0.2) is 0 Å². The summed E-state index contributed by atoms with van der Waals surface area (Å²) in [6.07, 6.45) is 3.45. The minimum absolute atomic E-state index is 0.395. The lowest BCUT2D eigenvalue weighted by molar-refractivity contribution is 0.266. The molecule has 0 aromatic heterocycles. The van der Waals surface area contributed by atoms with E-state index in [1.807, 2.05) is 11.8 Å². The molecule has 74 valence electrons. The van der Waals surface area contributed by atoms with Crippen molar-refractivity contribution in [2.24, 2.45) is 5.41 Å². The molecule has 1 nitrogen and oxygen atoms in total. The molecule has 0 heterocycles. The highest BCUT2D eigenvalue weighted by Gasteiger charge is 2.22. The molecule has 0 amide bonds. The van der Waals surface area contributed by atoms with Crippen molar-refractivity contribution in [3.63, 3.8) is 0 Å². The van der Waals surface area contributed by atoms with Gasteiger partial charge in [-0.25, -0.2) is 0 Å². The first-order valence-electron chi connectivity index (χ1n) is 4.74. The van der Waals surface area contributed by atoms with Crippen molar-refractivity contribution in [1.29, 1.82) is 0 Å². The Morgan fingerprint density at radius 2 is 1.92 bits per heavy atom. The summed E-state index contributed by atoms with van der Waals surface area (Å²) in [5, 5.41) is 3.54. The summed E-state index contributed by atoms with van der Waals surface area (Å²) in [4.78, 5) is 0. The molecule has 0 saturated carbocycles. The quantitative estimate of drug-likeness (QED) is 0.714. The van der Waals surface area contributed by atoms with E-state index in [9.17, 15) is 0 Å². The van der Waals surface area contributed by atoms with Gasteiger partial charge in [0, 0.05) is 6.04 Å². The molecule has 0 spiro atoms. The Kier molecular flexibility index (Phi) is 6.02. The van der Waals surface area contributed by atoms with Crippen molar-refractivity contribution in [2.45, 2.75) is 40.2 Å². The lowest BCUT2D eigenvalue weighted by atomic mass is 9.85. The lowest BCUT2D eigenvalue weighted by Crippen LogP contribution is -2.40. The zero-order valence-electron chi connectivity index (χ0n) is 9.11. The Balaban J connectivity index is 3.86. The second-order valence-electron chi connectivity index (χ2n) is 4.26. The molecule has 2 heteroatoms. The summed E-state index contributed by atoms with van der Waals surface area (Å²) in [6, 6.07) is 0.662. The van der Waals surface area contributed by atoms with E-state index in [0.717, 1.165) is 6.54 Å². The summed E-state index contributed by atoms with van der Waals surface area (Å²) >= 11 is 1.93. The Hall–Kier alpha value is 0.310. The van der Waals surface area contributed by atoms with Crippen molar-refractivity contribution in [3.05, 3.63) is 0 Å². The summed E-state index contributed by atoms with van der Waals surface area (Å²) in [5.74, 6) is 1.26. The molecule has 0 aromatic rings. The molecule has 0 bridgehead atoms. The molecule has 0 aliphatic carbocycles. The minimum Gasteiger partial charge on any atom is -0.314 e. The molecule has 0 aromatic carbocycles. The summed E-state index contributed by atoms with van der Waals surface area (Å²) < 4.78 is 0. The van der Waals surface area contributed by atoms with Gasteiger partial charge in [-0.05, 0) is 30.4 Å². The fraction of sp³-hybridized carbons (Fsp3) is 1.00. The average Bonchev–Trinajstić information content (AvgIpc) is 1.95. The Labute approximate surface area is 81.7 Å². The predicted octanol–water partition coefficient (Wildman–Crippen LogP) is 2.76. The fourth-order valence-electron chi connectivity index (χ4n) is 1.32. The zero-order chi connectivity index (χ0) is 9.61. The minimum atomic E-state index is 0.395. The molecule has 1 N–H and O–H groups in total. The first kappa shape index (κ1) is 12.3. The third-order valence-corrected chi connectivity index (χ3v) is 2.75. The molecule has 0 aliphatic heterocycles. The maximum Gasteiger partial charge on any atom is 0.0123 e. The largest absolute Gasteiger partial charge is 0.314 e. The predicted molar refractivity (Wildman–Crippen MR) is 59.9 cm³/mol. The van der Waals surface area contributed by atoms with Gasteiger partial charge < -0.3 is 5.32 Å². The molecule has 0 saturated heterocycles. The van der Waals surface area contributed by atoms with E-state index < -0.39 is 0 Å². The zero-order valence-corrected chi connectivity index (χ0v) is 9.92. The van der Waals surface area contributed by atoms with Crippen LogP contribution in [0.2, 0.25) is 0 Å². The standard InChI is InChI=1S/C10H23NS/c1-6-11-9(7-8-12-5)10(2,3)4/h9,11H,6-8H2,1-5H3. The molecular weight excluding hydrogens is 166 g/mol. The van der Waals surface area contributed by atoms with Crippen LogP contribution in [0.25, 0.3) is 0 Å². The number of hydrogen-bond donors (Lipinski definition) is 1. The maximum absolute atomic E-state index is 3.54. The van der Waals surface area contributed by atoms with Gasteiger partial charge in [-0.1, -0.05) is 27.7 Å². The van der Waals surface area contributed by atoms with Crippen LogP contribution in [-0.4, -0.2) is 24.6 Å². The van der Waals surface area contributed by atoms with E-state index in [0.29, 0.717) is 11.5 Å². The van der Waals surface area contributed by atoms with E-state index in [1.54, 1.807) is 0 Å². The van der Waals surface area contributed by atoms with Gasteiger partial charge in [-0.3, -0.25) is 0 Å². The normalized spacial score (nSPS) is 14.8. The van der Waals surface area contributed by atoms with Crippen molar-refractivity contribution in [1.82, 2.24) is 5.32 Å². The highest BCUT2D eigenvalue weighted by Crippen LogP contribution is 2.22. The Bertz CT molecular complexity index is 107. The second kappa shape index (κ2) is 5.87. The van der Waals surface area contributed by atoms with Crippen LogP contribution in [0.1, 0.15) is 34.1 Å². The maximum atomic E-state index is 3.54. The van der Waals surface area contributed by atoms with Crippen LogP contribution in [0.5, 0.6) is 0 Å². The third-order valence-electron chi connectivity index (χ3n) is 2.11. The molecule has 0 aliphatic rings. The van der Waals surface area contributed by atoms with Gasteiger partial charge in [0.05, 0.1) is 0 Å². The molecule has 12 heavy (non-hydrogen) atoms. The van der Waals surface area contributed by atoms with Crippen molar-refractivity contribution in [2.75, 3.05) is 18.6 Å². The summed E-state index contributed by atoms with van der Waals surface area (Å²) in [6.45, 7) is 10.2. The van der Waals surface area contributed by atoms with Gasteiger partial charge in [-0.15, -0.1) is 0 Å². The van der Waals surface area contributed by atoms with E-state index in [4.69, 9.17) is 0 Å². The van der Waals surface area contributed by atoms with Crippen molar-refractivity contribution >= 4 is 11.8 Å². The van der Waals surface area contributed by atoms with Crippen LogP contribution >= 0.6 is 11.8 Å². The summed E-state index contributed by atoms with van der Waals surface area (Å²) in [5.41, 5.74) is 0.395. The SMILES string of the molecule is CCNC(CCSC)C(C)(C)C. The topological polar surface area (TPSA) is 12.0 Å².